The van der Waals surface area contributed by atoms with Gasteiger partial charge in [0.2, 0.25) is 5.91 Å². The molecular formula is C24H25N3O4. The molecule has 2 N–H and O–H groups in total. The van der Waals surface area contributed by atoms with Gasteiger partial charge in [-0.2, -0.15) is 0 Å². The van der Waals surface area contributed by atoms with E-state index < -0.39 is 18.0 Å². The SMILES string of the molecule is Cc1ccc([C@@H]2NC(=O)N(CC(=O)Nc3c(C)cc(C)cc3C)C3=C2C(=O)OC3)cc1. The zero-order valence-electron chi connectivity index (χ0n) is 18.0. The number of hydrogen-bond acceptors (Lipinski definition) is 4. The van der Waals surface area contributed by atoms with Gasteiger partial charge in [-0.1, -0.05) is 47.5 Å². The van der Waals surface area contributed by atoms with Crippen LogP contribution in [0.4, 0.5) is 10.5 Å². The molecular weight excluding hydrogens is 394 g/mol. The Hall–Kier alpha value is -3.61. The minimum absolute atomic E-state index is 0.0280. The Bertz CT molecular complexity index is 1100. The van der Waals surface area contributed by atoms with Crippen molar-refractivity contribution in [1.82, 2.24) is 10.2 Å². The average molecular weight is 419 g/mol. The Kier molecular flexibility index (Phi) is 5.27. The summed E-state index contributed by atoms with van der Waals surface area (Å²) in [6, 6.07) is 10.6. The van der Waals surface area contributed by atoms with Crippen LogP contribution in [0, 0.1) is 27.7 Å². The summed E-state index contributed by atoms with van der Waals surface area (Å²) < 4.78 is 5.23. The Morgan fingerprint density at radius 1 is 1.06 bits per heavy atom. The maximum Gasteiger partial charge on any atom is 0.338 e. The van der Waals surface area contributed by atoms with E-state index in [2.05, 4.69) is 10.6 Å². The van der Waals surface area contributed by atoms with E-state index in [4.69, 9.17) is 4.74 Å². The molecule has 2 heterocycles. The van der Waals surface area contributed by atoms with Crippen LogP contribution in [-0.2, 0) is 14.3 Å². The number of rotatable bonds is 4. The molecule has 0 radical (unpaired) electrons. The van der Waals surface area contributed by atoms with Gasteiger partial charge in [0.15, 0.2) is 0 Å². The highest BCUT2D eigenvalue weighted by Crippen LogP contribution is 2.35. The first-order valence-electron chi connectivity index (χ1n) is 10.2. The monoisotopic (exact) mass is 419 g/mol. The van der Waals surface area contributed by atoms with Gasteiger partial charge in [-0.05, 0) is 44.4 Å². The van der Waals surface area contributed by atoms with E-state index in [1.54, 1.807) is 0 Å². The highest BCUT2D eigenvalue weighted by molar-refractivity contribution is 6.00. The lowest BCUT2D eigenvalue weighted by atomic mass is 9.95. The number of nitrogens with one attached hydrogen (secondary N) is 2. The molecule has 3 amide bonds. The number of aryl methyl sites for hydroxylation is 4. The highest BCUT2D eigenvalue weighted by atomic mass is 16.5. The summed E-state index contributed by atoms with van der Waals surface area (Å²) in [6.07, 6.45) is 0. The highest BCUT2D eigenvalue weighted by Gasteiger charge is 2.42. The third-order valence-electron chi connectivity index (χ3n) is 5.65. The fraction of sp³-hybridized carbons (Fsp3) is 0.292. The molecule has 0 spiro atoms. The van der Waals surface area contributed by atoms with Crippen LogP contribution in [0.3, 0.4) is 0 Å². The lowest BCUT2D eigenvalue weighted by molar-refractivity contribution is -0.136. The molecule has 4 rings (SSSR count). The van der Waals surface area contributed by atoms with E-state index in [1.165, 1.54) is 4.90 Å². The van der Waals surface area contributed by atoms with E-state index >= 15 is 0 Å². The smallest absolute Gasteiger partial charge is 0.338 e. The van der Waals surface area contributed by atoms with Gasteiger partial charge < -0.3 is 15.4 Å². The van der Waals surface area contributed by atoms with Gasteiger partial charge in [0.05, 0.1) is 17.3 Å². The van der Waals surface area contributed by atoms with Gasteiger partial charge >= 0.3 is 12.0 Å². The first-order valence-corrected chi connectivity index (χ1v) is 10.2. The van der Waals surface area contributed by atoms with E-state index in [1.807, 2.05) is 64.1 Å². The van der Waals surface area contributed by atoms with Gasteiger partial charge in [0, 0.05) is 5.69 Å². The number of benzene rings is 2. The van der Waals surface area contributed by atoms with Crippen molar-refractivity contribution in [2.45, 2.75) is 33.7 Å². The third kappa shape index (κ3) is 3.91. The minimum Gasteiger partial charge on any atom is -0.456 e. The molecule has 0 saturated heterocycles. The molecule has 0 aromatic heterocycles. The van der Waals surface area contributed by atoms with Gasteiger partial charge in [0.1, 0.15) is 13.2 Å². The fourth-order valence-corrected chi connectivity index (χ4v) is 4.19. The first kappa shape index (κ1) is 20.7. The van der Waals surface area contributed by atoms with E-state index in [-0.39, 0.29) is 19.1 Å². The van der Waals surface area contributed by atoms with Crippen LogP contribution >= 0.6 is 0 Å². The van der Waals surface area contributed by atoms with Crippen molar-refractivity contribution in [1.29, 1.82) is 0 Å². The zero-order valence-corrected chi connectivity index (χ0v) is 18.0. The largest absolute Gasteiger partial charge is 0.456 e. The second kappa shape index (κ2) is 7.91. The third-order valence-corrected chi connectivity index (χ3v) is 5.65. The summed E-state index contributed by atoms with van der Waals surface area (Å²) in [7, 11) is 0. The maximum atomic E-state index is 12.9. The lowest BCUT2D eigenvalue weighted by Gasteiger charge is -2.32. The normalized spacial score (nSPS) is 17.9. The van der Waals surface area contributed by atoms with Crippen LogP contribution in [-0.4, -0.2) is 36.0 Å². The summed E-state index contributed by atoms with van der Waals surface area (Å²) in [4.78, 5) is 39.4. The number of nitrogens with zero attached hydrogens (tertiary/aromatic N) is 1. The number of carbonyl (C=O) groups is 3. The number of esters is 1. The number of amides is 3. The fourth-order valence-electron chi connectivity index (χ4n) is 4.19. The van der Waals surface area contributed by atoms with Crippen LogP contribution in [0.15, 0.2) is 47.7 Å². The Labute approximate surface area is 181 Å². The van der Waals surface area contributed by atoms with Crippen molar-refractivity contribution in [2.24, 2.45) is 0 Å². The Morgan fingerprint density at radius 2 is 1.71 bits per heavy atom. The molecule has 7 nitrogen and oxygen atoms in total. The van der Waals surface area contributed by atoms with Gasteiger partial charge in [-0.3, -0.25) is 9.69 Å². The molecule has 2 aliphatic rings. The molecule has 2 aromatic rings. The standard InChI is InChI=1S/C24H25N3O4/c1-13-5-7-17(8-6-13)22-20-18(12-31-23(20)29)27(24(30)26-22)11-19(28)25-21-15(3)9-14(2)10-16(21)4/h5-10,22H,11-12H2,1-4H3,(H,25,28)(H,26,30)/t22-/m0/s1. The van der Waals surface area contributed by atoms with Crippen LogP contribution in [0.1, 0.15) is 33.9 Å². The molecule has 0 fully saturated rings. The van der Waals surface area contributed by atoms with E-state index in [0.29, 0.717) is 11.3 Å². The molecule has 0 bridgehead atoms. The molecule has 0 unspecified atom stereocenters. The topological polar surface area (TPSA) is 87.7 Å². The second-order valence-electron chi connectivity index (χ2n) is 8.14. The summed E-state index contributed by atoms with van der Waals surface area (Å²) in [5, 5.41) is 5.76. The maximum absolute atomic E-state index is 12.9. The van der Waals surface area contributed by atoms with Crippen molar-refractivity contribution in [2.75, 3.05) is 18.5 Å². The summed E-state index contributed by atoms with van der Waals surface area (Å²) in [5.74, 6) is -0.818. The van der Waals surface area contributed by atoms with Crippen molar-refractivity contribution in [3.05, 3.63) is 75.5 Å². The van der Waals surface area contributed by atoms with Crippen molar-refractivity contribution >= 4 is 23.6 Å². The van der Waals surface area contributed by atoms with Crippen molar-refractivity contribution in [3.63, 3.8) is 0 Å². The predicted octanol–water partition coefficient (Wildman–Crippen LogP) is 3.44. The zero-order chi connectivity index (χ0) is 22.3. The van der Waals surface area contributed by atoms with Crippen molar-refractivity contribution in [3.8, 4) is 0 Å². The molecule has 1 atom stereocenters. The molecule has 31 heavy (non-hydrogen) atoms. The van der Waals surface area contributed by atoms with Crippen LogP contribution in [0.5, 0.6) is 0 Å². The summed E-state index contributed by atoms with van der Waals surface area (Å²) >= 11 is 0. The summed E-state index contributed by atoms with van der Waals surface area (Å²) in [6.45, 7) is 7.59. The van der Waals surface area contributed by atoms with Crippen LogP contribution in [0.25, 0.3) is 0 Å². The van der Waals surface area contributed by atoms with Crippen LogP contribution < -0.4 is 10.6 Å². The number of ether oxygens (including phenoxy) is 1. The van der Waals surface area contributed by atoms with Gasteiger partial charge in [-0.25, -0.2) is 9.59 Å². The number of hydrogen-bond donors (Lipinski definition) is 2. The van der Waals surface area contributed by atoms with E-state index in [9.17, 15) is 14.4 Å². The number of anilines is 1. The predicted molar refractivity (Wildman–Crippen MR) is 116 cm³/mol. The quantitative estimate of drug-likeness (QED) is 0.744. The molecule has 0 saturated carbocycles. The number of cyclic esters (lactones) is 1. The molecule has 2 aliphatic heterocycles. The molecule has 160 valence electrons. The minimum atomic E-state index is -0.598. The summed E-state index contributed by atoms with van der Waals surface area (Å²) in [5.41, 5.74) is 6.43. The number of carbonyl (C=O) groups excluding carboxylic acids is 3. The Morgan fingerprint density at radius 3 is 2.35 bits per heavy atom. The molecule has 7 heteroatoms. The Balaban J connectivity index is 1.60. The van der Waals surface area contributed by atoms with E-state index in [0.717, 1.165) is 33.5 Å². The van der Waals surface area contributed by atoms with Crippen LogP contribution in [0.2, 0.25) is 0 Å². The van der Waals surface area contributed by atoms with Crippen molar-refractivity contribution < 1.29 is 19.1 Å². The van der Waals surface area contributed by atoms with Gasteiger partial charge in [-0.15, -0.1) is 0 Å². The molecule has 0 aliphatic carbocycles. The molecule has 2 aromatic carbocycles. The second-order valence-corrected chi connectivity index (χ2v) is 8.14. The average Bonchev–Trinajstić information content (AvgIpc) is 3.09. The first-order chi connectivity index (χ1) is 14.7. The van der Waals surface area contributed by atoms with Gasteiger partial charge in [0.25, 0.3) is 0 Å². The lowest BCUT2D eigenvalue weighted by Crippen LogP contribution is -2.49. The number of urea groups is 1.